The van der Waals surface area contributed by atoms with Crippen molar-refractivity contribution in [3.63, 3.8) is 0 Å². The van der Waals surface area contributed by atoms with Crippen molar-refractivity contribution in [3.8, 4) is 0 Å². The lowest BCUT2D eigenvalue weighted by atomic mass is 9.80. The Labute approximate surface area is 157 Å². The highest BCUT2D eigenvalue weighted by molar-refractivity contribution is 5.38. The molecule has 0 spiro atoms. The normalized spacial score (nSPS) is 16.5. The highest BCUT2D eigenvalue weighted by atomic mass is 15.2. The van der Waals surface area contributed by atoms with Crippen molar-refractivity contribution in [2.75, 3.05) is 13.1 Å². The van der Waals surface area contributed by atoms with Crippen LogP contribution in [0.5, 0.6) is 0 Å². The Morgan fingerprint density at radius 2 is 0.923 bits per heavy atom. The topological polar surface area (TPSA) is 3.24 Å². The number of rotatable bonds is 5. The van der Waals surface area contributed by atoms with E-state index in [-0.39, 0.29) is 0 Å². The van der Waals surface area contributed by atoms with Crippen molar-refractivity contribution in [2.45, 2.75) is 31.2 Å². The second-order valence-corrected chi connectivity index (χ2v) is 7.25. The summed E-state index contributed by atoms with van der Waals surface area (Å²) in [5, 5.41) is 0. The molecular formula is C25H27N. The van der Waals surface area contributed by atoms with Crippen molar-refractivity contribution in [1.82, 2.24) is 4.90 Å². The van der Waals surface area contributed by atoms with Gasteiger partial charge < -0.3 is 0 Å². The number of nitrogens with zero attached hydrogens (tertiary/aromatic N) is 1. The minimum atomic E-state index is 0.345. The van der Waals surface area contributed by atoms with Crippen LogP contribution in [0, 0.1) is 0 Å². The molecule has 1 atom stereocenters. The molecule has 4 rings (SSSR count). The lowest BCUT2D eigenvalue weighted by Crippen LogP contribution is -2.37. The van der Waals surface area contributed by atoms with Gasteiger partial charge in [0.05, 0.1) is 0 Å². The van der Waals surface area contributed by atoms with E-state index < -0.39 is 0 Å². The molecule has 3 aromatic carbocycles. The highest BCUT2D eigenvalue weighted by Gasteiger charge is 2.32. The standard InChI is InChI=1S/C25H27N/c1-5-13-21(14-6-1)24(22-15-7-2-8-16-22)25(23-17-9-3-10-18-23)26-19-11-4-12-20-26/h1-3,5-10,13-18,24-25H,4,11-12,19-20H2/t25-/m0/s1. The molecule has 0 radical (unpaired) electrons. The summed E-state index contributed by atoms with van der Waals surface area (Å²) in [4.78, 5) is 2.71. The van der Waals surface area contributed by atoms with Gasteiger partial charge in [0.1, 0.15) is 0 Å². The van der Waals surface area contributed by atoms with E-state index >= 15 is 0 Å². The first-order valence-corrected chi connectivity index (χ1v) is 9.82. The Hall–Kier alpha value is -2.38. The van der Waals surface area contributed by atoms with Gasteiger partial charge in [-0.1, -0.05) is 97.4 Å². The molecule has 26 heavy (non-hydrogen) atoms. The molecule has 0 bridgehead atoms. The smallest absolute Gasteiger partial charge is 0.0457 e. The molecule has 132 valence electrons. The molecule has 0 amide bonds. The molecule has 1 heteroatoms. The van der Waals surface area contributed by atoms with Gasteiger partial charge in [-0.2, -0.15) is 0 Å². The minimum Gasteiger partial charge on any atom is -0.295 e. The maximum absolute atomic E-state index is 2.71. The average Bonchev–Trinajstić information content (AvgIpc) is 2.74. The Morgan fingerprint density at radius 1 is 0.500 bits per heavy atom. The molecule has 1 heterocycles. The van der Waals surface area contributed by atoms with Gasteiger partial charge in [0.15, 0.2) is 0 Å². The summed E-state index contributed by atoms with van der Waals surface area (Å²) in [6, 6.07) is 33.5. The summed E-state index contributed by atoms with van der Waals surface area (Å²) in [5.41, 5.74) is 4.23. The average molecular weight is 341 g/mol. The van der Waals surface area contributed by atoms with Gasteiger partial charge in [-0.3, -0.25) is 4.90 Å². The summed E-state index contributed by atoms with van der Waals surface area (Å²) in [6.07, 6.45) is 3.97. The first-order chi connectivity index (χ1) is 12.9. The fourth-order valence-corrected chi connectivity index (χ4v) is 4.34. The predicted molar refractivity (Wildman–Crippen MR) is 109 cm³/mol. The van der Waals surface area contributed by atoms with E-state index in [0.717, 1.165) is 0 Å². The van der Waals surface area contributed by atoms with Crippen LogP contribution in [0.15, 0.2) is 91.0 Å². The first-order valence-electron chi connectivity index (χ1n) is 9.82. The number of hydrogen-bond donors (Lipinski definition) is 0. The summed E-state index contributed by atoms with van der Waals surface area (Å²) in [7, 11) is 0. The van der Waals surface area contributed by atoms with E-state index in [9.17, 15) is 0 Å². The largest absolute Gasteiger partial charge is 0.295 e. The lowest BCUT2D eigenvalue weighted by molar-refractivity contribution is 0.150. The molecule has 3 aromatic rings. The second kappa shape index (κ2) is 8.33. The molecule has 1 fully saturated rings. The Morgan fingerprint density at radius 3 is 1.38 bits per heavy atom. The van der Waals surface area contributed by atoms with Crippen molar-refractivity contribution in [2.24, 2.45) is 0 Å². The van der Waals surface area contributed by atoms with Crippen LogP contribution in [0.3, 0.4) is 0 Å². The second-order valence-electron chi connectivity index (χ2n) is 7.25. The van der Waals surface area contributed by atoms with Crippen LogP contribution in [0.25, 0.3) is 0 Å². The van der Waals surface area contributed by atoms with E-state index in [4.69, 9.17) is 0 Å². The first kappa shape index (κ1) is 17.1. The van der Waals surface area contributed by atoms with Crippen LogP contribution in [0.4, 0.5) is 0 Å². The molecule has 1 nitrogen and oxygen atoms in total. The quantitative estimate of drug-likeness (QED) is 0.546. The maximum Gasteiger partial charge on any atom is 0.0457 e. The van der Waals surface area contributed by atoms with E-state index in [0.29, 0.717) is 12.0 Å². The molecule has 0 unspecified atom stereocenters. The minimum absolute atomic E-state index is 0.345. The third kappa shape index (κ3) is 3.73. The van der Waals surface area contributed by atoms with Crippen molar-refractivity contribution >= 4 is 0 Å². The molecule has 1 aliphatic heterocycles. The molecule has 0 aliphatic carbocycles. The van der Waals surface area contributed by atoms with Gasteiger partial charge >= 0.3 is 0 Å². The SMILES string of the molecule is c1ccc(C(c2ccccc2)[C@H](c2ccccc2)N2CCCCC2)cc1. The molecule has 1 saturated heterocycles. The van der Waals surface area contributed by atoms with Gasteiger partial charge in [-0.25, -0.2) is 0 Å². The van der Waals surface area contributed by atoms with Crippen molar-refractivity contribution < 1.29 is 0 Å². The molecular weight excluding hydrogens is 314 g/mol. The van der Waals surface area contributed by atoms with Crippen molar-refractivity contribution in [3.05, 3.63) is 108 Å². The van der Waals surface area contributed by atoms with Gasteiger partial charge in [0, 0.05) is 12.0 Å². The summed E-state index contributed by atoms with van der Waals surface area (Å²) in [6.45, 7) is 2.38. The van der Waals surface area contributed by atoms with E-state index in [1.165, 1.54) is 49.0 Å². The number of piperidine rings is 1. The van der Waals surface area contributed by atoms with E-state index in [1.54, 1.807) is 0 Å². The number of benzene rings is 3. The van der Waals surface area contributed by atoms with Gasteiger partial charge in [-0.15, -0.1) is 0 Å². The third-order valence-corrected chi connectivity index (χ3v) is 5.56. The van der Waals surface area contributed by atoms with E-state index in [2.05, 4.69) is 95.9 Å². The molecule has 0 N–H and O–H groups in total. The lowest BCUT2D eigenvalue weighted by Gasteiger charge is -2.40. The Balaban J connectivity index is 1.83. The summed E-state index contributed by atoms with van der Waals surface area (Å²) in [5.74, 6) is 0.345. The number of hydrogen-bond acceptors (Lipinski definition) is 1. The van der Waals surface area contributed by atoms with Crippen LogP contribution >= 0.6 is 0 Å². The van der Waals surface area contributed by atoms with Gasteiger partial charge in [0.2, 0.25) is 0 Å². The van der Waals surface area contributed by atoms with Crippen molar-refractivity contribution in [1.29, 1.82) is 0 Å². The van der Waals surface area contributed by atoms with Crippen LogP contribution in [0.2, 0.25) is 0 Å². The van der Waals surface area contributed by atoms with Crippen LogP contribution < -0.4 is 0 Å². The molecule has 0 saturated carbocycles. The monoisotopic (exact) mass is 341 g/mol. The highest BCUT2D eigenvalue weighted by Crippen LogP contribution is 2.41. The third-order valence-electron chi connectivity index (χ3n) is 5.56. The van der Waals surface area contributed by atoms with Crippen LogP contribution in [0.1, 0.15) is 47.9 Å². The molecule has 0 aromatic heterocycles. The Bertz CT molecular complexity index is 737. The zero-order valence-electron chi connectivity index (χ0n) is 15.3. The van der Waals surface area contributed by atoms with Crippen LogP contribution in [-0.4, -0.2) is 18.0 Å². The zero-order chi connectivity index (χ0) is 17.6. The maximum atomic E-state index is 2.71. The summed E-state index contributed by atoms with van der Waals surface area (Å²) >= 11 is 0. The summed E-state index contributed by atoms with van der Waals surface area (Å²) < 4.78 is 0. The fourth-order valence-electron chi connectivity index (χ4n) is 4.34. The Kier molecular flexibility index (Phi) is 5.47. The molecule has 1 aliphatic rings. The van der Waals surface area contributed by atoms with Crippen LogP contribution in [-0.2, 0) is 0 Å². The zero-order valence-corrected chi connectivity index (χ0v) is 15.3. The van der Waals surface area contributed by atoms with E-state index in [1.807, 2.05) is 0 Å². The van der Waals surface area contributed by atoms with Gasteiger partial charge in [-0.05, 0) is 42.6 Å². The predicted octanol–water partition coefficient (Wildman–Crippen LogP) is 6.05. The fraction of sp³-hybridized carbons (Fsp3) is 0.280. The number of likely N-dealkylation sites (tertiary alicyclic amines) is 1. The van der Waals surface area contributed by atoms with Gasteiger partial charge in [0.25, 0.3) is 0 Å².